The number of ether oxygens (including phenoxy) is 1. The van der Waals surface area contributed by atoms with Gasteiger partial charge >= 0.3 is 5.97 Å². The van der Waals surface area contributed by atoms with Crippen LogP contribution in [0.3, 0.4) is 0 Å². The summed E-state index contributed by atoms with van der Waals surface area (Å²) in [7, 11) is 1.38. The fraction of sp³-hybridized carbons (Fsp3) is 0.400. The molecule has 0 spiro atoms. The highest BCUT2D eigenvalue weighted by atomic mass is 35.5. The van der Waals surface area contributed by atoms with E-state index in [-0.39, 0.29) is 28.8 Å². The lowest BCUT2D eigenvalue weighted by atomic mass is 10.2. The number of carboxylic acid groups (broad SMARTS) is 1. The third-order valence-corrected chi connectivity index (χ3v) is 2.89. The Bertz CT molecular complexity index is 428. The van der Waals surface area contributed by atoms with Gasteiger partial charge in [-0.1, -0.05) is 23.2 Å². The molecule has 0 saturated heterocycles. The molecule has 18 heavy (non-hydrogen) atoms. The van der Waals surface area contributed by atoms with Crippen LogP contribution in [0.2, 0.25) is 10.2 Å². The van der Waals surface area contributed by atoms with E-state index < -0.39 is 18.0 Å². The zero-order valence-electron chi connectivity index (χ0n) is 9.50. The largest absolute Gasteiger partial charge is 0.481 e. The first-order chi connectivity index (χ1) is 8.43. The van der Waals surface area contributed by atoms with E-state index in [0.717, 1.165) is 0 Å². The molecule has 0 radical (unpaired) electrons. The van der Waals surface area contributed by atoms with E-state index in [1.165, 1.54) is 13.2 Å². The van der Waals surface area contributed by atoms with Crippen LogP contribution < -0.4 is 5.32 Å². The number of hydrogen-bond acceptors (Lipinski definition) is 3. The Balaban J connectivity index is 2.52. The summed E-state index contributed by atoms with van der Waals surface area (Å²) in [5.74, 6) is -1.43. The predicted octanol–water partition coefficient (Wildman–Crippen LogP) is 1.54. The Morgan fingerprint density at radius 1 is 1.56 bits per heavy atom. The van der Waals surface area contributed by atoms with Gasteiger partial charge < -0.3 is 20.1 Å². The van der Waals surface area contributed by atoms with E-state index in [1.54, 1.807) is 0 Å². The summed E-state index contributed by atoms with van der Waals surface area (Å²) < 4.78 is 4.92. The molecule has 0 aliphatic carbocycles. The Labute approximate surface area is 113 Å². The Kier molecular flexibility index (Phi) is 5.46. The van der Waals surface area contributed by atoms with Crippen LogP contribution in [0.25, 0.3) is 0 Å². The molecule has 0 fully saturated rings. The zero-order chi connectivity index (χ0) is 13.7. The van der Waals surface area contributed by atoms with Crippen molar-refractivity contribution in [2.24, 2.45) is 0 Å². The maximum Gasteiger partial charge on any atom is 0.306 e. The molecular weight excluding hydrogens is 283 g/mol. The lowest BCUT2D eigenvalue weighted by molar-refractivity contribution is -0.139. The first kappa shape index (κ1) is 14.8. The molecular formula is C10H12Cl2N2O4. The number of carboxylic acids is 1. The zero-order valence-corrected chi connectivity index (χ0v) is 11.0. The number of aromatic amines is 1. The van der Waals surface area contributed by atoms with E-state index >= 15 is 0 Å². The van der Waals surface area contributed by atoms with E-state index in [1.807, 2.05) is 0 Å². The van der Waals surface area contributed by atoms with Crippen molar-refractivity contribution < 1.29 is 19.4 Å². The summed E-state index contributed by atoms with van der Waals surface area (Å²) in [6.07, 6.45) is -0.782. The van der Waals surface area contributed by atoms with Gasteiger partial charge in [-0.3, -0.25) is 9.59 Å². The summed E-state index contributed by atoms with van der Waals surface area (Å²) >= 11 is 11.3. The van der Waals surface area contributed by atoms with Gasteiger partial charge in [0, 0.05) is 13.7 Å². The van der Waals surface area contributed by atoms with Crippen LogP contribution in [0.1, 0.15) is 16.9 Å². The van der Waals surface area contributed by atoms with Gasteiger partial charge in [0.15, 0.2) is 0 Å². The fourth-order valence-corrected chi connectivity index (χ4v) is 1.57. The smallest absolute Gasteiger partial charge is 0.306 e. The maximum absolute atomic E-state index is 11.7. The van der Waals surface area contributed by atoms with Crippen LogP contribution in [0.15, 0.2) is 6.07 Å². The number of rotatable bonds is 6. The number of aromatic nitrogens is 1. The van der Waals surface area contributed by atoms with Crippen molar-refractivity contribution in [3.05, 3.63) is 21.9 Å². The van der Waals surface area contributed by atoms with Crippen LogP contribution >= 0.6 is 23.2 Å². The molecule has 1 aromatic rings. The third kappa shape index (κ3) is 4.21. The topological polar surface area (TPSA) is 91.4 Å². The number of hydrogen-bond donors (Lipinski definition) is 3. The molecule has 1 rings (SSSR count). The highest BCUT2D eigenvalue weighted by Crippen LogP contribution is 2.21. The molecule has 1 atom stereocenters. The lowest BCUT2D eigenvalue weighted by Crippen LogP contribution is -2.34. The highest BCUT2D eigenvalue weighted by Gasteiger charge is 2.16. The average Bonchev–Trinajstić information content (AvgIpc) is 2.64. The number of H-pyrrole nitrogens is 1. The van der Waals surface area contributed by atoms with E-state index in [2.05, 4.69) is 10.3 Å². The summed E-state index contributed by atoms with van der Waals surface area (Å²) in [5, 5.41) is 11.5. The van der Waals surface area contributed by atoms with Crippen molar-refractivity contribution in [3.63, 3.8) is 0 Å². The minimum Gasteiger partial charge on any atom is -0.481 e. The number of nitrogens with one attached hydrogen (secondary N) is 2. The molecule has 0 bridgehead atoms. The van der Waals surface area contributed by atoms with Gasteiger partial charge in [0.05, 0.1) is 17.5 Å². The second-order valence-corrected chi connectivity index (χ2v) is 4.30. The van der Waals surface area contributed by atoms with Crippen LogP contribution in [0.4, 0.5) is 0 Å². The van der Waals surface area contributed by atoms with Crippen LogP contribution in [0, 0.1) is 0 Å². The molecule has 0 aliphatic rings. The average molecular weight is 295 g/mol. The minimum atomic E-state index is -0.998. The van der Waals surface area contributed by atoms with E-state index in [4.69, 9.17) is 33.0 Å². The van der Waals surface area contributed by atoms with Gasteiger partial charge in [-0.25, -0.2) is 0 Å². The standard InChI is InChI=1S/C10H12Cl2N2O4/c1-18-5(2-8(15)16)4-13-10(17)7-3-6(11)9(12)14-7/h3,5,14H,2,4H2,1H3,(H,13,17)(H,15,16). The number of amides is 1. The van der Waals surface area contributed by atoms with Crippen LogP contribution in [0.5, 0.6) is 0 Å². The molecule has 100 valence electrons. The highest BCUT2D eigenvalue weighted by molar-refractivity contribution is 6.41. The van der Waals surface area contributed by atoms with E-state index in [0.29, 0.717) is 0 Å². The second kappa shape index (κ2) is 6.63. The molecule has 1 amide bonds. The monoisotopic (exact) mass is 294 g/mol. The van der Waals surface area contributed by atoms with Crippen LogP contribution in [-0.2, 0) is 9.53 Å². The number of aliphatic carboxylic acids is 1. The molecule has 8 heteroatoms. The van der Waals surface area contributed by atoms with Crippen molar-refractivity contribution in [1.82, 2.24) is 10.3 Å². The van der Waals surface area contributed by atoms with Crippen molar-refractivity contribution in [2.75, 3.05) is 13.7 Å². The van der Waals surface area contributed by atoms with Crippen molar-refractivity contribution in [3.8, 4) is 0 Å². The SMILES string of the molecule is COC(CNC(=O)c1cc(Cl)c(Cl)[nH]1)CC(=O)O. The predicted molar refractivity (Wildman–Crippen MR) is 66.2 cm³/mol. The molecule has 1 unspecified atom stereocenters. The Morgan fingerprint density at radius 3 is 2.67 bits per heavy atom. The molecule has 3 N–H and O–H groups in total. The minimum absolute atomic E-state index is 0.0793. The number of halogens is 2. The summed E-state index contributed by atoms with van der Waals surface area (Å²) in [5.41, 5.74) is 0.204. The lowest BCUT2D eigenvalue weighted by Gasteiger charge is -2.13. The first-order valence-corrected chi connectivity index (χ1v) is 5.76. The first-order valence-electron chi connectivity index (χ1n) is 5.00. The van der Waals surface area contributed by atoms with Gasteiger partial charge in [0.2, 0.25) is 0 Å². The van der Waals surface area contributed by atoms with Crippen molar-refractivity contribution in [2.45, 2.75) is 12.5 Å². The van der Waals surface area contributed by atoms with Gasteiger partial charge in [-0.05, 0) is 6.07 Å². The number of carbonyl (C=O) groups is 2. The molecule has 1 heterocycles. The maximum atomic E-state index is 11.7. The molecule has 6 nitrogen and oxygen atoms in total. The van der Waals surface area contributed by atoms with Gasteiger partial charge in [0.25, 0.3) is 5.91 Å². The summed E-state index contributed by atoms with van der Waals surface area (Å²) in [6, 6.07) is 1.39. The van der Waals surface area contributed by atoms with Gasteiger partial charge in [-0.2, -0.15) is 0 Å². The molecule has 0 aliphatic heterocycles. The fourth-order valence-electron chi connectivity index (χ4n) is 1.26. The Morgan fingerprint density at radius 2 is 2.22 bits per heavy atom. The van der Waals surface area contributed by atoms with Gasteiger partial charge in [0.1, 0.15) is 10.8 Å². The molecule has 1 aromatic heterocycles. The van der Waals surface area contributed by atoms with Crippen molar-refractivity contribution >= 4 is 35.1 Å². The normalized spacial score (nSPS) is 12.2. The van der Waals surface area contributed by atoms with Crippen LogP contribution in [-0.4, -0.2) is 41.7 Å². The van der Waals surface area contributed by atoms with Crippen molar-refractivity contribution in [1.29, 1.82) is 0 Å². The molecule has 0 aromatic carbocycles. The summed E-state index contributed by atoms with van der Waals surface area (Å²) in [6.45, 7) is 0.0793. The molecule has 0 saturated carbocycles. The third-order valence-electron chi connectivity index (χ3n) is 2.20. The quantitative estimate of drug-likeness (QED) is 0.742. The van der Waals surface area contributed by atoms with E-state index in [9.17, 15) is 9.59 Å². The summed E-state index contributed by atoms with van der Waals surface area (Å²) in [4.78, 5) is 24.7. The number of methoxy groups -OCH3 is 1. The number of carbonyl (C=O) groups excluding carboxylic acids is 1. The Hall–Kier alpha value is -1.24. The second-order valence-electron chi connectivity index (χ2n) is 3.51. The van der Waals surface area contributed by atoms with Gasteiger partial charge in [-0.15, -0.1) is 0 Å².